The lowest BCUT2D eigenvalue weighted by Gasteiger charge is -2.16. The van der Waals surface area contributed by atoms with Gasteiger partial charge in [-0.3, -0.25) is 9.59 Å². The summed E-state index contributed by atoms with van der Waals surface area (Å²) in [6, 6.07) is 13.7. The topological polar surface area (TPSA) is 77.4 Å². The van der Waals surface area contributed by atoms with Crippen LogP contribution in [0.2, 0.25) is 5.02 Å². The van der Waals surface area contributed by atoms with Gasteiger partial charge in [0, 0.05) is 28.5 Å². The lowest BCUT2D eigenvalue weighted by Crippen LogP contribution is -2.31. The highest BCUT2D eigenvalue weighted by molar-refractivity contribution is 6.30. The molecule has 0 radical (unpaired) electrons. The highest BCUT2D eigenvalue weighted by atomic mass is 35.5. The minimum atomic E-state index is -0.770. The van der Waals surface area contributed by atoms with Crippen molar-refractivity contribution in [2.75, 3.05) is 12.4 Å². The Balaban J connectivity index is 1.81. The van der Waals surface area contributed by atoms with Gasteiger partial charge in [0.25, 0.3) is 5.56 Å². The van der Waals surface area contributed by atoms with E-state index in [-0.39, 0.29) is 11.5 Å². The number of terminal acetylenes is 1. The molecule has 0 spiro atoms. The predicted octanol–water partition coefficient (Wildman–Crippen LogP) is 4.14. The van der Waals surface area contributed by atoms with E-state index in [1.807, 2.05) is 0 Å². The number of methoxy groups -OCH3 is 1. The quantitative estimate of drug-likeness (QED) is 0.483. The molecule has 1 atom stereocenters. The van der Waals surface area contributed by atoms with Crippen LogP contribution in [0, 0.1) is 12.3 Å². The fourth-order valence-corrected chi connectivity index (χ4v) is 3.21. The normalized spacial score (nSPS) is 11.3. The van der Waals surface area contributed by atoms with Gasteiger partial charge in [0.2, 0.25) is 5.91 Å². The number of carbonyl (C=O) groups is 2. The first-order valence-corrected chi connectivity index (χ1v) is 9.70. The van der Waals surface area contributed by atoms with E-state index in [1.54, 1.807) is 61.7 Å². The molecule has 31 heavy (non-hydrogen) atoms. The first-order chi connectivity index (χ1) is 14.8. The average molecular weight is 435 g/mol. The lowest BCUT2D eigenvalue weighted by atomic mass is 10.0. The van der Waals surface area contributed by atoms with E-state index in [1.165, 1.54) is 17.7 Å². The molecule has 7 heteroatoms. The summed E-state index contributed by atoms with van der Waals surface area (Å²) in [5.74, 6) is 1.73. The number of nitrogens with zero attached hydrogens (tertiary/aromatic N) is 1. The molecule has 0 aliphatic carbocycles. The number of halogens is 1. The maximum atomic E-state index is 12.7. The predicted molar refractivity (Wildman–Crippen MR) is 120 cm³/mol. The standard InChI is InChI=1S/C24H19ClN2O4/c1-4-16-5-8-19(25)14-21(16)18-11-12-27(22(28)13-18)15(2)23(29)26-20-9-6-17(7-10-20)24(30)31-3/h1,5-15H,2-3H3,(H,26,29). The Morgan fingerprint density at radius 1 is 1.13 bits per heavy atom. The fourth-order valence-electron chi connectivity index (χ4n) is 3.04. The van der Waals surface area contributed by atoms with E-state index < -0.39 is 12.0 Å². The van der Waals surface area contributed by atoms with Crippen molar-refractivity contribution in [2.45, 2.75) is 13.0 Å². The number of nitrogens with one attached hydrogen (secondary N) is 1. The van der Waals surface area contributed by atoms with Crippen LogP contribution in [0.25, 0.3) is 11.1 Å². The van der Waals surface area contributed by atoms with E-state index in [2.05, 4.69) is 16.0 Å². The number of ether oxygens (including phenoxy) is 1. The summed E-state index contributed by atoms with van der Waals surface area (Å²) >= 11 is 6.07. The number of anilines is 1. The summed E-state index contributed by atoms with van der Waals surface area (Å²) in [7, 11) is 1.29. The van der Waals surface area contributed by atoms with Crippen molar-refractivity contribution < 1.29 is 14.3 Å². The number of hydrogen-bond donors (Lipinski definition) is 1. The van der Waals surface area contributed by atoms with Crippen molar-refractivity contribution in [2.24, 2.45) is 0 Å². The number of rotatable bonds is 5. The number of pyridine rings is 1. The van der Waals surface area contributed by atoms with E-state index in [9.17, 15) is 14.4 Å². The van der Waals surface area contributed by atoms with Crippen LogP contribution in [0.1, 0.15) is 28.9 Å². The smallest absolute Gasteiger partial charge is 0.337 e. The van der Waals surface area contributed by atoms with E-state index >= 15 is 0 Å². The van der Waals surface area contributed by atoms with Crippen molar-refractivity contribution >= 4 is 29.2 Å². The van der Waals surface area contributed by atoms with Crippen molar-refractivity contribution in [3.8, 4) is 23.5 Å². The Kier molecular flexibility index (Phi) is 6.58. The minimum Gasteiger partial charge on any atom is -0.465 e. The Bertz CT molecular complexity index is 1240. The molecule has 0 saturated heterocycles. The minimum absolute atomic E-state index is 0.357. The highest BCUT2D eigenvalue weighted by Gasteiger charge is 2.17. The van der Waals surface area contributed by atoms with Gasteiger partial charge in [-0.1, -0.05) is 17.5 Å². The van der Waals surface area contributed by atoms with Gasteiger partial charge in [-0.05, 0) is 66.6 Å². The molecular formula is C24H19ClN2O4. The third-order valence-corrected chi connectivity index (χ3v) is 5.00. The third kappa shape index (κ3) is 4.85. The summed E-state index contributed by atoms with van der Waals surface area (Å²) < 4.78 is 5.97. The zero-order chi connectivity index (χ0) is 22.5. The summed E-state index contributed by atoms with van der Waals surface area (Å²) in [5.41, 5.74) is 2.40. The Morgan fingerprint density at radius 2 is 1.84 bits per heavy atom. The monoisotopic (exact) mass is 434 g/mol. The number of carbonyl (C=O) groups excluding carboxylic acids is 2. The number of esters is 1. The molecule has 156 valence electrons. The largest absolute Gasteiger partial charge is 0.465 e. The molecule has 1 N–H and O–H groups in total. The van der Waals surface area contributed by atoms with Gasteiger partial charge in [-0.25, -0.2) is 4.79 Å². The highest BCUT2D eigenvalue weighted by Crippen LogP contribution is 2.26. The fraction of sp³-hybridized carbons (Fsp3) is 0.125. The second-order valence-electron chi connectivity index (χ2n) is 6.73. The van der Waals surface area contributed by atoms with Gasteiger partial charge in [0.1, 0.15) is 6.04 Å². The molecule has 0 aliphatic heterocycles. The zero-order valence-corrected chi connectivity index (χ0v) is 17.6. The molecule has 3 rings (SSSR count). The van der Waals surface area contributed by atoms with Gasteiger partial charge in [0.15, 0.2) is 0 Å². The number of benzene rings is 2. The summed E-state index contributed by atoms with van der Waals surface area (Å²) in [6.07, 6.45) is 7.09. The SMILES string of the molecule is C#Cc1ccc(Cl)cc1-c1ccn(C(C)C(=O)Nc2ccc(C(=O)OC)cc2)c(=O)c1. The summed E-state index contributed by atoms with van der Waals surface area (Å²) in [5, 5.41) is 3.23. The molecule has 1 heterocycles. The Morgan fingerprint density at radius 3 is 2.45 bits per heavy atom. The van der Waals surface area contributed by atoms with Crippen LogP contribution >= 0.6 is 11.6 Å². The molecule has 6 nitrogen and oxygen atoms in total. The second kappa shape index (κ2) is 9.33. The summed E-state index contributed by atoms with van der Waals surface area (Å²) in [6.45, 7) is 1.62. The summed E-state index contributed by atoms with van der Waals surface area (Å²) in [4.78, 5) is 36.8. The van der Waals surface area contributed by atoms with E-state index in [0.717, 1.165) is 0 Å². The number of hydrogen-bond acceptors (Lipinski definition) is 4. The molecule has 0 saturated carbocycles. The second-order valence-corrected chi connectivity index (χ2v) is 7.17. The molecule has 1 aromatic heterocycles. The molecule has 1 amide bonds. The first kappa shape index (κ1) is 21.9. The van der Waals surface area contributed by atoms with Gasteiger partial charge < -0.3 is 14.6 Å². The van der Waals surface area contributed by atoms with Crippen LogP contribution in [-0.2, 0) is 9.53 Å². The van der Waals surface area contributed by atoms with Gasteiger partial charge in [-0.2, -0.15) is 0 Å². The number of amides is 1. The van der Waals surface area contributed by atoms with Crippen LogP contribution < -0.4 is 10.9 Å². The molecule has 0 aliphatic rings. The maximum Gasteiger partial charge on any atom is 0.337 e. The van der Waals surface area contributed by atoms with Crippen molar-refractivity contribution in [3.63, 3.8) is 0 Å². The average Bonchev–Trinajstić information content (AvgIpc) is 2.78. The van der Waals surface area contributed by atoms with Crippen molar-refractivity contribution in [3.05, 3.63) is 87.3 Å². The van der Waals surface area contributed by atoms with Crippen LogP contribution in [0.5, 0.6) is 0 Å². The molecule has 0 bridgehead atoms. The van der Waals surface area contributed by atoms with E-state index in [0.29, 0.717) is 33.0 Å². The Labute approximate surface area is 184 Å². The molecule has 1 unspecified atom stereocenters. The van der Waals surface area contributed by atoms with Crippen LogP contribution in [0.3, 0.4) is 0 Å². The van der Waals surface area contributed by atoms with Crippen molar-refractivity contribution in [1.82, 2.24) is 4.57 Å². The van der Waals surface area contributed by atoms with Gasteiger partial charge in [-0.15, -0.1) is 6.42 Å². The van der Waals surface area contributed by atoms with Gasteiger partial charge in [0.05, 0.1) is 12.7 Å². The van der Waals surface area contributed by atoms with Crippen molar-refractivity contribution in [1.29, 1.82) is 0 Å². The van der Waals surface area contributed by atoms with Crippen LogP contribution in [-0.4, -0.2) is 23.6 Å². The van der Waals surface area contributed by atoms with Gasteiger partial charge >= 0.3 is 5.97 Å². The van der Waals surface area contributed by atoms with Crippen LogP contribution in [0.4, 0.5) is 5.69 Å². The van der Waals surface area contributed by atoms with E-state index in [4.69, 9.17) is 18.0 Å². The van der Waals surface area contributed by atoms with Crippen LogP contribution in [0.15, 0.2) is 65.6 Å². The number of aromatic nitrogens is 1. The molecule has 0 fully saturated rings. The Hall–Kier alpha value is -3.82. The molecular weight excluding hydrogens is 416 g/mol. The third-order valence-electron chi connectivity index (χ3n) is 4.77. The molecule has 3 aromatic rings. The maximum absolute atomic E-state index is 12.7. The molecule has 2 aromatic carbocycles. The zero-order valence-electron chi connectivity index (χ0n) is 16.9. The lowest BCUT2D eigenvalue weighted by molar-refractivity contribution is -0.118. The first-order valence-electron chi connectivity index (χ1n) is 9.32.